The number of nitro groups is 1. The number of aromatic nitrogens is 3. The first-order valence-electron chi connectivity index (χ1n) is 7.60. The van der Waals surface area contributed by atoms with E-state index in [1.165, 1.54) is 17.7 Å². The third-order valence-corrected chi connectivity index (χ3v) is 4.22. The van der Waals surface area contributed by atoms with Crippen LogP contribution >= 0.6 is 11.3 Å². The molecule has 2 heterocycles. The number of hydrogen-bond acceptors (Lipinski definition) is 8. The third-order valence-electron chi connectivity index (χ3n) is 3.53. The van der Waals surface area contributed by atoms with Crippen molar-refractivity contribution in [2.45, 2.75) is 13.8 Å². The van der Waals surface area contributed by atoms with E-state index in [0.717, 1.165) is 11.3 Å². The van der Waals surface area contributed by atoms with Crippen molar-refractivity contribution in [2.24, 2.45) is 0 Å². The molecular weight excluding hydrogens is 340 g/mol. The molecule has 1 aromatic carbocycles. The molecule has 2 aromatic heterocycles. The first-order valence-corrected chi connectivity index (χ1v) is 8.48. The second-order valence-corrected chi connectivity index (χ2v) is 6.09. The van der Waals surface area contributed by atoms with Crippen LogP contribution in [0.4, 0.5) is 28.1 Å². The molecule has 0 spiro atoms. The van der Waals surface area contributed by atoms with E-state index in [1.807, 2.05) is 38.1 Å². The molecule has 0 aliphatic heterocycles. The smallest absolute Gasteiger partial charge is 0.321 e. The van der Waals surface area contributed by atoms with Crippen LogP contribution in [-0.4, -0.2) is 26.4 Å². The fourth-order valence-corrected chi connectivity index (χ4v) is 2.99. The summed E-state index contributed by atoms with van der Waals surface area (Å²) < 4.78 is 0. The van der Waals surface area contributed by atoms with E-state index in [2.05, 4.69) is 20.3 Å². The molecule has 128 valence electrons. The molecule has 0 aliphatic rings. The van der Waals surface area contributed by atoms with Crippen molar-refractivity contribution in [1.29, 1.82) is 0 Å². The van der Waals surface area contributed by atoms with E-state index < -0.39 is 4.92 Å². The summed E-state index contributed by atoms with van der Waals surface area (Å²) in [7, 11) is 0. The Hall–Kier alpha value is -3.07. The van der Waals surface area contributed by atoms with Crippen molar-refractivity contribution in [3.8, 4) is 0 Å². The Morgan fingerprint density at radius 1 is 1.32 bits per heavy atom. The van der Waals surface area contributed by atoms with Crippen LogP contribution in [0.15, 0.2) is 42.2 Å². The minimum atomic E-state index is -0.469. The van der Waals surface area contributed by atoms with Gasteiger partial charge in [-0.3, -0.25) is 10.1 Å². The fourth-order valence-electron chi connectivity index (χ4n) is 2.46. The van der Waals surface area contributed by atoms with Crippen LogP contribution < -0.4 is 10.2 Å². The third kappa shape index (κ3) is 3.56. The molecule has 25 heavy (non-hydrogen) atoms. The summed E-state index contributed by atoms with van der Waals surface area (Å²) in [5, 5.41) is 16.9. The summed E-state index contributed by atoms with van der Waals surface area (Å²) in [4.78, 5) is 25.4. The minimum Gasteiger partial charge on any atom is -0.321 e. The van der Waals surface area contributed by atoms with Crippen molar-refractivity contribution in [3.63, 3.8) is 0 Å². The van der Waals surface area contributed by atoms with Crippen LogP contribution in [0.2, 0.25) is 0 Å². The molecular formula is C16H16N6O2S. The van der Waals surface area contributed by atoms with Gasteiger partial charge in [-0.05, 0) is 31.5 Å². The zero-order valence-electron chi connectivity index (χ0n) is 13.7. The summed E-state index contributed by atoms with van der Waals surface area (Å²) in [6.45, 7) is 4.42. The molecule has 0 aliphatic carbocycles. The van der Waals surface area contributed by atoms with Crippen molar-refractivity contribution < 1.29 is 4.92 Å². The molecule has 1 N–H and O–H groups in total. The molecule has 8 nitrogen and oxygen atoms in total. The van der Waals surface area contributed by atoms with E-state index in [0.29, 0.717) is 11.7 Å². The van der Waals surface area contributed by atoms with Crippen molar-refractivity contribution >= 4 is 39.5 Å². The Morgan fingerprint density at radius 2 is 2.16 bits per heavy atom. The Morgan fingerprint density at radius 3 is 2.80 bits per heavy atom. The zero-order chi connectivity index (χ0) is 17.8. The van der Waals surface area contributed by atoms with Crippen molar-refractivity contribution in [1.82, 2.24) is 15.0 Å². The molecule has 3 rings (SSSR count). The second kappa shape index (κ2) is 7.22. The lowest BCUT2D eigenvalue weighted by molar-refractivity contribution is -0.383. The predicted octanol–water partition coefficient (Wildman–Crippen LogP) is 4.05. The number of hydrogen-bond donors (Lipinski definition) is 1. The van der Waals surface area contributed by atoms with E-state index in [1.54, 1.807) is 16.5 Å². The van der Waals surface area contributed by atoms with Gasteiger partial charge in [0.15, 0.2) is 5.13 Å². The van der Waals surface area contributed by atoms with Crippen molar-refractivity contribution in [3.05, 3.63) is 57.8 Å². The number of rotatable bonds is 6. The van der Waals surface area contributed by atoms with Gasteiger partial charge in [-0.1, -0.05) is 12.1 Å². The fraction of sp³-hybridized carbons (Fsp3) is 0.188. The molecule has 3 aromatic rings. The van der Waals surface area contributed by atoms with Crippen LogP contribution in [0, 0.1) is 17.0 Å². The minimum absolute atomic E-state index is 0.121. The Kier molecular flexibility index (Phi) is 4.85. The summed E-state index contributed by atoms with van der Waals surface area (Å²) >= 11 is 1.34. The average Bonchev–Trinajstić information content (AvgIpc) is 3.08. The van der Waals surface area contributed by atoms with E-state index in [4.69, 9.17) is 0 Å². The summed E-state index contributed by atoms with van der Waals surface area (Å²) in [5.74, 6) is 0.364. The summed E-state index contributed by atoms with van der Waals surface area (Å²) in [5.41, 5.74) is 1.72. The van der Waals surface area contributed by atoms with Gasteiger partial charge < -0.3 is 10.2 Å². The molecule has 0 unspecified atom stereocenters. The van der Waals surface area contributed by atoms with Gasteiger partial charge in [-0.15, -0.1) is 11.3 Å². The SMILES string of the molecule is CCN(c1cccc(C)c1)c1ncnc(Nc2nccs2)c1[N+](=O)[O-]. The van der Waals surface area contributed by atoms with Crippen LogP contribution in [0.5, 0.6) is 0 Å². The van der Waals surface area contributed by atoms with Crippen LogP contribution in [0.3, 0.4) is 0 Å². The molecule has 0 bridgehead atoms. The number of benzene rings is 1. The van der Waals surface area contributed by atoms with Crippen LogP contribution in [0.1, 0.15) is 12.5 Å². The lowest BCUT2D eigenvalue weighted by Gasteiger charge is -2.22. The lowest BCUT2D eigenvalue weighted by Crippen LogP contribution is -2.19. The highest BCUT2D eigenvalue weighted by molar-refractivity contribution is 7.13. The number of anilines is 4. The number of aryl methyl sites for hydroxylation is 1. The van der Waals surface area contributed by atoms with E-state index >= 15 is 0 Å². The van der Waals surface area contributed by atoms with Gasteiger partial charge in [-0.2, -0.15) is 0 Å². The van der Waals surface area contributed by atoms with E-state index in [-0.39, 0.29) is 17.3 Å². The summed E-state index contributed by atoms with van der Waals surface area (Å²) in [6, 6.07) is 7.75. The van der Waals surface area contributed by atoms with Gasteiger partial charge in [0.1, 0.15) is 6.33 Å². The first-order chi connectivity index (χ1) is 12.1. The highest BCUT2D eigenvalue weighted by atomic mass is 32.1. The number of thiazole rings is 1. The summed E-state index contributed by atoms with van der Waals surface area (Å²) in [6.07, 6.45) is 2.93. The molecule has 0 fully saturated rings. The van der Waals surface area contributed by atoms with Gasteiger partial charge in [0.2, 0.25) is 11.6 Å². The molecule has 0 atom stereocenters. The largest absolute Gasteiger partial charge is 0.354 e. The van der Waals surface area contributed by atoms with Crippen LogP contribution in [-0.2, 0) is 0 Å². The highest BCUT2D eigenvalue weighted by Gasteiger charge is 2.27. The van der Waals surface area contributed by atoms with Crippen LogP contribution in [0.25, 0.3) is 0 Å². The average molecular weight is 356 g/mol. The quantitative estimate of drug-likeness (QED) is 0.525. The Balaban J connectivity index is 2.09. The van der Waals surface area contributed by atoms with Crippen molar-refractivity contribution in [2.75, 3.05) is 16.8 Å². The van der Waals surface area contributed by atoms with Gasteiger partial charge in [0.05, 0.1) is 4.92 Å². The lowest BCUT2D eigenvalue weighted by atomic mass is 10.2. The predicted molar refractivity (Wildman–Crippen MR) is 97.9 cm³/mol. The maximum absolute atomic E-state index is 11.7. The molecule has 0 amide bonds. The van der Waals surface area contributed by atoms with Gasteiger partial charge >= 0.3 is 5.69 Å². The highest BCUT2D eigenvalue weighted by Crippen LogP contribution is 2.37. The van der Waals surface area contributed by atoms with E-state index in [9.17, 15) is 10.1 Å². The van der Waals surface area contributed by atoms with Gasteiger partial charge in [0, 0.05) is 23.8 Å². The number of nitrogens with one attached hydrogen (secondary N) is 1. The van der Waals surface area contributed by atoms with Gasteiger partial charge in [0.25, 0.3) is 0 Å². The Labute approximate surface area is 148 Å². The maximum atomic E-state index is 11.7. The monoisotopic (exact) mass is 356 g/mol. The van der Waals surface area contributed by atoms with Gasteiger partial charge in [-0.25, -0.2) is 15.0 Å². The topological polar surface area (TPSA) is 97.1 Å². The number of nitrogens with zero attached hydrogens (tertiary/aromatic N) is 5. The molecule has 9 heteroatoms. The first kappa shape index (κ1) is 16.8. The second-order valence-electron chi connectivity index (χ2n) is 5.20. The normalized spacial score (nSPS) is 10.5. The molecule has 0 radical (unpaired) electrons. The molecule has 0 saturated heterocycles. The standard InChI is InChI=1S/C16H16N6O2S/c1-3-21(12-6-4-5-11(2)9-12)15-13(22(23)24)14(18-10-19-15)20-16-17-7-8-25-16/h4-10H,3H2,1-2H3,(H,17,18,19,20). The molecule has 0 saturated carbocycles. The maximum Gasteiger partial charge on any atom is 0.354 e. The Bertz CT molecular complexity index is 884. The zero-order valence-corrected chi connectivity index (χ0v) is 14.5.